The van der Waals surface area contributed by atoms with E-state index in [1.165, 1.54) is 0 Å². The van der Waals surface area contributed by atoms with Gasteiger partial charge in [0.1, 0.15) is 5.75 Å². The van der Waals surface area contributed by atoms with Gasteiger partial charge in [0.15, 0.2) is 4.77 Å². The van der Waals surface area contributed by atoms with Crippen molar-refractivity contribution in [3.05, 3.63) is 39.3 Å². The third-order valence-corrected chi connectivity index (χ3v) is 3.57. The second-order valence-corrected chi connectivity index (χ2v) is 5.63. The van der Waals surface area contributed by atoms with Crippen molar-refractivity contribution in [1.29, 1.82) is 0 Å². The lowest BCUT2D eigenvalue weighted by molar-refractivity contribution is 0.412. The molecule has 1 N–H and O–H groups in total. The Bertz CT molecular complexity index is 616. The summed E-state index contributed by atoms with van der Waals surface area (Å²) in [5.74, 6) is 1.18. The van der Waals surface area contributed by atoms with Gasteiger partial charge in [0.05, 0.1) is 12.8 Å². The smallest absolute Gasteiger partial charge is 0.182 e. The molecule has 0 spiro atoms. The quantitative estimate of drug-likeness (QED) is 0.845. The first-order valence-corrected chi connectivity index (χ1v) is 6.89. The van der Waals surface area contributed by atoms with E-state index in [2.05, 4.69) is 34.8 Å². The van der Waals surface area contributed by atoms with Crippen molar-refractivity contribution in [3.8, 4) is 11.4 Å². The Morgan fingerprint density at radius 3 is 2.72 bits per heavy atom. The fraction of sp³-hybridized carbons (Fsp3) is 0.308. The molecule has 5 heteroatoms. The van der Waals surface area contributed by atoms with Crippen molar-refractivity contribution < 1.29 is 4.74 Å². The minimum Gasteiger partial charge on any atom is -0.495 e. The maximum atomic E-state index is 5.41. The molecule has 1 aromatic heterocycles. The molecule has 1 aromatic carbocycles. The molecule has 1 heterocycles. The third kappa shape index (κ3) is 2.37. The zero-order chi connectivity index (χ0) is 13.3. The number of aromatic nitrogens is 2. The fourth-order valence-electron chi connectivity index (χ4n) is 1.89. The summed E-state index contributed by atoms with van der Waals surface area (Å²) in [4.78, 5) is 3.09. The number of H-pyrrole nitrogens is 1. The van der Waals surface area contributed by atoms with E-state index >= 15 is 0 Å². The predicted octanol–water partition coefficient (Wildman–Crippen LogP) is 4.43. The first kappa shape index (κ1) is 13.4. The Kier molecular flexibility index (Phi) is 3.92. The number of hydrogen-bond donors (Lipinski definition) is 1. The van der Waals surface area contributed by atoms with E-state index in [1.54, 1.807) is 7.11 Å². The highest BCUT2D eigenvalue weighted by molar-refractivity contribution is 9.10. The third-order valence-electron chi connectivity index (χ3n) is 2.78. The lowest BCUT2D eigenvalue weighted by atomic mass is 10.1. The first-order valence-electron chi connectivity index (χ1n) is 5.69. The van der Waals surface area contributed by atoms with Crippen LogP contribution in [0, 0.1) is 4.77 Å². The molecule has 0 aliphatic rings. The molecule has 0 saturated carbocycles. The van der Waals surface area contributed by atoms with Crippen LogP contribution in [-0.2, 0) is 0 Å². The Hall–Kier alpha value is -1.07. The van der Waals surface area contributed by atoms with Crippen LogP contribution in [0.3, 0.4) is 0 Å². The maximum Gasteiger partial charge on any atom is 0.182 e. The Balaban J connectivity index is 2.72. The van der Waals surface area contributed by atoms with Gasteiger partial charge in [-0.3, -0.25) is 4.57 Å². The first-order chi connectivity index (χ1) is 8.54. The molecule has 0 aliphatic carbocycles. The summed E-state index contributed by atoms with van der Waals surface area (Å²) in [6, 6.07) is 5.89. The number of nitrogens with one attached hydrogen (secondary N) is 1. The fourth-order valence-corrected chi connectivity index (χ4v) is 2.50. The summed E-state index contributed by atoms with van der Waals surface area (Å²) < 4.78 is 9.10. The largest absolute Gasteiger partial charge is 0.495 e. The molecule has 96 valence electrons. The summed E-state index contributed by atoms with van der Waals surface area (Å²) in [7, 11) is 1.66. The molecule has 0 radical (unpaired) electrons. The SMILES string of the molecule is COc1ccc(Br)cc1-n1c(C(C)C)c[nH]c1=S. The van der Waals surface area contributed by atoms with E-state index in [4.69, 9.17) is 17.0 Å². The van der Waals surface area contributed by atoms with E-state index in [-0.39, 0.29) is 0 Å². The molecular formula is C13H15BrN2OS. The van der Waals surface area contributed by atoms with Gasteiger partial charge in [0.25, 0.3) is 0 Å². The normalized spacial score (nSPS) is 10.9. The number of imidazole rings is 1. The highest BCUT2D eigenvalue weighted by Crippen LogP contribution is 2.30. The monoisotopic (exact) mass is 326 g/mol. The van der Waals surface area contributed by atoms with Gasteiger partial charge in [0.2, 0.25) is 0 Å². The minimum atomic E-state index is 0.377. The molecule has 0 bridgehead atoms. The number of methoxy groups -OCH3 is 1. The van der Waals surface area contributed by atoms with Crippen LogP contribution in [-0.4, -0.2) is 16.7 Å². The van der Waals surface area contributed by atoms with Crippen molar-refractivity contribution in [2.75, 3.05) is 7.11 Å². The van der Waals surface area contributed by atoms with Crippen molar-refractivity contribution in [2.45, 2.75) is 19.8 Å². The van der Waals surface area contributed by atoms with Gasteiger partial charge in [-0.2, -0.15) is 0 Å². The molecule has 3 nitrogen and oxygen atoms in total. The van der Waals surface area contributed by atoms with Gasteiger partial charge in [-0.15, -0.1) is 0 Å². The zero-order valence-corrected chi connectivity index (χ0v) is 12.9. The zero-order valence-electron chi connectivity index (χ0n) is 10.5. The maximum absolute atomic E-state index is 5.41. The van der Waals surface area contributed by atoms with Gasteiger partial charge < -0.3 is 9.72 Å². The van der Waals surface area contributed by atoms with Crippen LogP contribution in [0.2, 0.25) is 0 Å². The second kappa shape index (κ2) is 5.28. The minimum absolute atomic E-state index is 0.377. The average molecular weight is 327 g/mol. The van der Waals surface area contributed by atoms with Crippen LogP contribution < -0.4 is 4.74 Å². The van der Waals surface area contributed by atoms with Crippen molar-refractivity contribution in [3.63, 3.8) is 0 Å². The lowest BCUT2D eigenvalue weighted by Crippen LogP contribution is -2.04. The van der Waals surface area contributed by atoms with Crippen molar-refractivity contribution >= 4 is 28.1 Å². The summed E-state index contributed by atoms with van der Waals surface area (Å²) in [5, 5.41) is 0. The predicted molar refractivity (Wildman–Crippen MR) is 79.3 cm³/mol. The van der Waals surface area contributed by atoms with E-state index in [0.29, 0.717) is 10.7 Å². The highest BCUT2D eigenvalue weighted by Gasteiger charge is 2.13. The second-order valence-electron chi connectivity index (χ2n) is 4.32. The Morgan fingerprint density at radius 2 is 2.11 bits per heavy atom. The molecule has 0 atom stereocenters. The molecule has 2 aromatic rings. The Labute approximate surface area is 120 Å². The van der Waals surface area contributed by atoms with Crippen LogP contribution in [0.1, 0.15) is 25.5 Å². The van der Waals surface area contributed by atoms with Crippen molar-refractivity contribution in [2.24, 2.45) is 0 Å². The highest BCUT2D eigenvalue weighted by atomic mass is 79.9. The number of rotatable bonds is 3. The van der Waals surface area contributed by atoms with Gasteiger partial charge in [-0.1, -0.05) is 29.8 Å². The van der Waals surface area contributed by atoms with Crippen LogP contribution in [0.4, 0.5) is 0 Å². The van der Waals surface area contributed by atoms with Gasteiger partial charge in [-0.05, 0) is 36.3 Å². The van der Waals surface area contributed by atoms with Crippen molar-refractivity contribution in [1.82, 2.24) is 9.55 Å². The summed E-state index contributed by atoms with van der Waals surface area (Å²) in [5.41, 5.74) is 2.08. The molecule has 0 saturated heterocycles. The molecule has 2 rings (SSSR count). The van der Waals surface area contributed by atoms with E-state index < -0.39 is 0 Å². The number of benzene rings is 1. The molecule has 18 heavy (non-hydrogen) atoms. The average Bonchev–Trinajstić information content (AvgIpc) is 2.71. The van der Waals surface area contributed by atoms with Gasteiger partial charge >= 0.3 is 0 Å². The summed E-state index contributed by atoms with van der Waals surface area (Å²) in [6.45, 7) is 4.28. The van der Waals surface area contributed by atoms with Crippen LogP contribution in [0.15, 0.2) is 28.9 Å². The van der Waals surface area contributed by atoms with Gasteiger partial charge in [-0.25, -0.2) is 0 Å². The number of hydrogen-bond acceptors (Lipinski definition) is 2. The topological polar surface area (TPSA) is 29.9 Å². The number of halogens is 1. The molecule has 0 unspecified atom stereocenters. The van der Waals surface area contributed by atoms with E-state index in [0.717, 1.165) is 21.6 Å². The molecular weight excluding hydrogens is 312 g/mol. The summed E-state index contributed by atoms with van der Waals surface area (Å²) in [6.07, 6.45) is 1.95. The molecule has 0 fully saturated rings. The number of nitrogens with zero attached hydrogens (tertiary/aromatic N) is 1. The summed E-state index contributed by atoms with van der Waals surface area (Å²) >= 11 is 8.85. The van der Waals surface area contributed by atoms with Crippen LogP contribution >= 0.6 is 28.1 Å². The number of ether oxygens (including phenoxy) is 1. The Morgan fingerprint density at radius 1 is 1.39 bits per heavy atom. The molecule has 0 amide bonds. The standard InChI is InChI=1S/C13H15BrN2OS/c1-8(2)11-7-15-13(18)16(11)10-6-9(14)4-5-12(10)17-3/h4-8H,1-3H3,(H,15,18). The molecule has 0 aliphatic heterocycles. The number of aromatic amines is 1. The van der Waals surface area contributed by atoms with Crippen LogP contribution in [0.5, 0.6) is 5.75 Å². The van der Waals surface area contributed by atoms with Gasteiger partial charge in [0, 0.05) is 16.4 Å². The van der Waals surface area contributed by atoms with E-state index in [9.17, 15) is 0 Å². The lowest BCUT2D eigenvalue weighted by Gasteiger charge is -2.14. The van der Waals surface area contributed by atoms with Crippen LogP contribution in [0.25, 0.3) is 5.69 Å². The van der Waals surface area contributed by atoms with E-state index in [1.807, 2.05) is 29.0 Å².